The molecule has 2 aromatic carbocycles. The van der Waals surface area contributed by atoms with Gasteiger partial charge in [-0.3, -0.25) is 19.2 Å². The van der Waals surface area contributed by atoms with Crippen LogP contribution in [-0.2, 0) is 38.1 Å². The zero-order valence-electron chi connectivity index (χ0n) is 21.0. The molecule has 1 fully saturated rings. The second kappa shape index (κ2) is 10.9. The SMILES string of the molecule is COc1ccc2cc(C(C)C(=O)O)ccc2c1[C@H]1O[C@@H](C)[C@@H](OC(C)=O)[C@@H](OC(C)=O)[C@@H]1OC(C)=O. The molecule has 1 aliphatic heterocycles. The molecule has 10 heteroatoms. The number of aliphatic carboxylic acids is 1. The van der Waals surface area contributed by atoms with E-state index in [1.54, 1.807) is 44.2 Å². The van der Waals surface area contributed by atoms with Crippen LogP contribution in [0.4, 0.5) is 0 Å². The highest BCUT2D eigenvalue weighted by atomic mass is 16.6. The van der Waals surface area contributed by atoms with E-state index >= 15 is 0 Å². The van der Waals surface area contributed by atoms with E-state index in [-0.39, 0.29) is 0 Å². The number of methoxy groups -OCH3 is 1. The van der Waals surface area contributed by atoms with Gasteiger partial charge in [0.05, 0.1) is 19.1 Å². The Kier molecular flexibility index (Phi) is 8.19. The van der Waals surface area contributed by atoms with E-state index in [1.807, 2.05) is 0 Å². The lowest BCUT2D eigenvalue weighted by atomic mass is 9.87. The molecule has 194 valence electrons. The first kappa shape index (κ1) is 26.9. The Labute approximate surface area is 208 Å². The summed E-state index contributed by atoms with van der Waals surface area (Å²) in [5.74, 6) is -3.18. The van der Waals surface area contributed by atoms with E-state index in [0.717, 1.165) is 0 Å². The monoisotopic (exact) mass is 502 g/mol. The summed E-state index contributed by atoms with van der Waals surface area (Å²) in [6.07, 6.45) is -5.09. The van der Waals surface area contributed by atoms with Crippen LogP contribution in [-0.4, -0.2) is 60.5 Å². The number of fused-ring (bicyclic) bond motifs is 1. The minimum atomic E-state index is -1.18. The number of rotatable bonds is 7. The molecule has 0 bridgehead atoms. The second-order valence-electron chi connectivity index (χ2n) is 8.71. The van der Waals surface area contributed by atoms with Crippen molar-refractivity contribution in [2.45, 2.75) is 71.1 Å². The zero-order valence-corrected chi connectivity index (χ0v) is 21.0. The number of carboxylic acid groups (broad SMARTS) is 1. The van der Waals surface area contributed by atoms with E-state index < -0.39 is 60.3 Å². The van der Waals surface area contributed by atoms with Crippen LogP contribution in [0.2, 0.25) is 0 Å². The van der Waals surface area contributed by atoms with Crippen LogP contribution in [0.15, 0.2) is 30.3 Å². The molecular weight excluding hydrogens is 472 g/mol. The van der Waals surface area contributed by atoms with Crippen molar-refractivity contribution < 1.29 is 48.0 Å². The summed E-state index contributed by atoms with van der Waals surface area (Å²) in [4.78, 5) is 47.4. The third kappa shape index (κ3) is 5.59. The van der Waals surface area contributed by atoms with Crippen LogP contribution in [0.1, 0.15) is 57.8 Å². The Hall–Kier alpha value is -3.66. The molecule has 0 amide bonds. The Balaban J connectivity index is 2.21. The molecule has 0 aromatic heterocycles. The summed E-state index contributed by atoms with van der Waals surface area (Å²) in [6, 6.07) is 8.69. The first-order valence-corrected chi connectivity index (χ1v) is 11.4. The fourth-order valence-electron chi connectivity index (χ4n) is 4.48. The number of esters is 3. The maximum absolute atomic E-state index is 12.1. The summed E-state index contributed by atoms with van der Waals surface area (Å²) < 4.78 is 28.4. The number of ether oxygens (including phenoxy) is 5. The molecule has 1 saturated heterocycles. The van der Waals surface area contributed by atoms with Crippen LogP contribution in [0.3, 0.4) is 0 Å². The normalized spacial score (nSPS) is 24.4. The van der Waals surface area contributed by atoms with Crippen LogP contribution in [0.25, 0.3) is 10.8 Å². The summed E-state index contributed by atoms with van der Waals surface area (Å²) in [5.41, 5.74) is 1.12. The Morgan fingerprint density at radius 2 is 1.47 bits per heavy atom. The Morgan fingerprint density at radius 3 is 2.03 bits per heavy atom. The molecule has 10 nitrogen and oxygen atoms in total. The van der Waals surface area contributed by atoms with Crippen molar-refractivity contribution in [3.63, 3.8) is 0 Å². The van der Waals surface area contributed by atoms with E-state index in [2.05, 4.69) is 0 Å². The standard InChI is InChI=1S/C26H30O10/c1-12(26(30)31)17-7-9-19-18(11-17)8-10-20(32-6)21(19)23-25(36-16(5)29)24(35-15(4)28)22(13(2)33-23)34-14(3)27/h7-13,22-25H,1-6H3,(H,30,31)/t12?,13-,22+,23+,24+,25+/m0/s1. The molecule has 0 spiro atoms. The molecule has 0 radical (unpaired) electrons. The molecule has 6 atom stereocenters. The lowest BCUT2D eigenvalue weighted by molar-refractivity contribution is -0.245. The van der Waals surface area contributed by atoms with Crippen molar-refractivity contribution in [1.82, 2.24) is 0 Å². The van der Waals surface area contributed by atoms with Crippen molar-refractivity contribution in [1.29, 1.82) is 0 Å². The number of carbonyl (C=O) groups excluding carboxylic acids is 3. The summed E-state index contributed by atoms with van der Waals surface area (Å²) >= 11 is 0. The van der Waals surface area contributed by atoms with E-state index in [1.165, 1.54) is 27.9 Å². The van der Waals surface area contributed by atoms with Gasteiger partial charge in [0.15, 0.2) is 18.3 Å². The van der Waals surface area contributed by atoms with Gasteiger partial charge >= 0.3 is 23.9 Å². The van der Waals surface area contributed by atoms with Gasteiger partial charge in [-0.1, -0.05) is 24.3 Å². The molecule has 1 aliphatic rings. The van der Waals surface area contributed by atoms with Gasteiger partial charge in [-0.25, -0.2) is 0 Å². The third-order valence-corrected chi connectivity index (χ3v) is 6.10. The van der Waals surface area contributed by atoms with Crippen molar-refractivity contribution in [3.8, 4) is 5.75 Å². The maximum Gasteiger partial charge on any atom is 0.310 e. The number of hydrogen-bond acceptors (Lipinski definition) is 9. The summed E-state index contributed by atoms with van der Waals surface area (Å²) in [7, 11) is 1.48. The average Bonchev–Trinajstić information content (AvgIpc) is 2.80. The van der Waals surface area contributed by atoms with Gasteiger partial charge in [-0.2, -0.15) is 0 Å². The minimum Gasteiger partial charge on any atom is -0.496 e. The molecule has 1 heterocycles. The van der Waals surface area contributed by atoms with Gasteiger partial charge in [-0.05, 0) is 36.2 Å². The van der Waals surface area contributed by atoms with Crippen LogP contribution < -0.4 is 4.74 Å². The molecule has 36 heavy (non-hydrogen) atoms. The quantitative estimate of drug-likeness (QED) is 0.444. The molecule has 1 N–H and O–H groups in total. The molecular formula is C26H30O10. The van der Waals surface area contributed by atoms with Gasteiger partial charge in [-0.15, -0.1) is 0 Å². The largest absolute Gasteiger partial charge is 0.496 e. The van der Waals surface area contributed by atoms with Crippen LogP contribution in [0.5, 0.6) is 5.75 Å². The molecule has 0 saturated carbocycles. The zero-order chi connectivity index (χ0) is 26.7. The number of carboxylic acids is 1. The smallest absolute Gasteiger partial charge is 0.310 e. The van der Waals surface area contributed by atoms with Gasteiger partial charge in [0.1, 0.15) is 11.9 Å². The van der Waals surface area contributed by atoms with Gasteiger partial charge in [0.2, 0.25) is 0 Å². The molecule has 0 aliphatic carbocycles. The van der Waals surface area contributed by atoms with Crippen LogP contribution >= 0.6 is 0 Å². The van der Waals surface area contributed by atoms with Gasteiger partial charge in [0.25, 0.3) is 0 Å². The van der Waals surface area contributed by atoms with Crippen molar-refractivity contribution >= 4 is 34.6 Å². The summed E-state index contributed by atoms with van der Waals surface area (Å²) in [5, 5.41) is 10.8. The predicted molar refractivity (Wildman–Crippen MR) is 127 cm³/mol. The van der Waals surface area contributed by atoms with Gasteiger partial charge in [0, 0.05) is 26.3 Å². The Morgan fingerprint density at radius 1 is 0.889 bits per heavy atom. The maximum atomic E-state index is 12.1. The lowest BCUT2D eigenvalue weighted by Crippen LogP contribution is -2.57. The lowest BCUT2D eigenvalue weighted by Gasteiger charge is -2.44. The average molecular weight is 503 g/mol. The van der Waals surface area contributed by atoms with E-state index in [0.29, 0.717) is 27.6 Å². The van der Waals surface area contributed by atoms with E-state index in [9.17, 15) is 24.3 Å². The first-order chi connectivity index (χ1) is 16.9. The van der Waals surface area contributed by atoms with Crippen molar-refractivity contribution in [2.24, 2.45) is 0 Å². The highest BCUT2D eigenvalue weighted by molar-refractivity contribution is 5.90. The molecule has 3 rings (SSSR count). The summed E-state index contributed by atoms with van der Waals surface area (Å²) in [6.45, 7) is 6.88. The molecule has 1 unspecified atom stereocenters. The fourth-order valence-corrected chi connectivity index (χ4v) is 4.48. The van der Waals surface area contributed by atoms with Crippen molar-refractivity contribution in [3.05, 3.63) is 41.5 Å². The number of carbonyl (C=O) groups is 4. The number of hydrogen-bond donors (Lipinski definition) is 1. The highest BCUT2D eigenvalue weighted by Crippen LogP contribution is 2.44. The second-order valence-corrected chi connectivity index (χ2v) is 8.71. The Bertz CT molecular complexity index is 1170. The van der Waals surface area contributed by atoms with Gasteiger partial charge < -0.3 is 28.8 Å². The van der Waals surface area contributed by atoms with Crippen LogP contribution in [0, 0.1) is 0 Å². The first-order valence-electron chi connectivity index (χ1n) is 11.4. The number of benzene rings is 2. The third-order valence-electron chi connectivity index (χ3n) is 6.10. The molecule has 2 aromatic rings. The minimum absolute atomic E-state index is 0.420. The van der Waals surface area contributed by atoms with Crippen molar-refractivity contribution in [2.75, 3.05) is 7.11 Å². The fraction of sp³-hybridized carbons (Fsp3) is 0.462. The predicted octanol–water partition coefficient (Wildman–Crippen LogP) is 3.29. The topological polar surface area (TPSA) is 135 Å². The van der Waals surface area contributed by atoms with E-state index in [4.69, 9.17) is 23.7 Å². The highest BCUT2D eigenvalue weighted by Gasteiger charge is 2.51.